The van der Waals surface area contributed by atoms with Crippen molar-refractivity contribution in [3.63, 3.8) is 0 Å². The third-order valence-electron chi connectivity index (χ3n) is 2.18. The highest BCUT2D eigenvalue weighted by atomic mass is 19.3. The molecule has 1 unspecified atom stereocenters. The highest BCUT2D eigenvalue weighted by Crippen LogP contribution is 2.60. The van der Waals surface area contributed by atoms with Crippen LogP contribution in [0.4, 0.5) is 8.78 Å². The minimum atomic E-state index is -2.55. The maximum atomic E-state index is 12.6. The molecule has 1 fully saturated rings. The summed E-state index contributed by atoms with van der Waals surface area (Å²) >= 11 is 0. The molecule has 1 saturated carbocycles. The van der Waals surface area contributed by atoms with Gasteiger partial charge in [0.1, 0.15) is 0 Å². The molecule has 64 valence electrons. The number of hydrogen-bond donors (Lipinski definition) is 1. The molecule has 0 heterocycles. The molecule has 0 amide bonds. The van der Waals surface area contributed by atoms with Crippen molar-refractivity contribution >= 4 is 0 Å². The average Bonchev–Trinajstić information content (AvgIpc) is 2.50. The van der Waals surface area contributed by atoms with E-state index in [0.717, 1.165) is 6.42 Å². The van der Waals surface area contributed by atoms with Crippen LogP contribution in [0.25, 0.3) is 0 Å². The maximum Gasteiger partial charge on any atom is 0.259 e. The van der Waals surface area contributed by atoms with Gasteiger partial charge < -0.3 is 5.73 Å². The summed E-state index contributed by atoms with van der Waals surface area (Å²) in [5, 5.41) is 0. The summed E-state index contributed by atoms with van der Waals surface area (Å²) in [4.78, 5) is 0. The topological polar surface area (TPSA) is 26.0 Å². The molecule has 0 aromatic carbocycles. The first-order valence-electron chi connectivity index (χ1n) is 3.83. The van der Waals surface area contributed by atoms with Gasteiger partial charge in [-0.05, 0) is 6.42 Å². The van der Waals surface area contributed by atoms with E-state index in [9.17, 15) is 8.78 Å². The van der Waals surface area contributed by atoms with Gasteiger partial charge in [-0.2, -0.15) is 0 Å². The quantitative estimate of drug-likeness (QED) is 0.629. The molecule has 0 aliphatic heterocycles. The molecule has 1 atom stereocenters. The number of rotatable bonds is 3. The molecule has 3 heteroatoms. The standard InChI is InChI=1S/C8H13F2N/c1-2-3-4-7(6-11)5-8(7,9)10/h3-4H,2,5-6,11H2,1H3/b4-3+. The van der Waals surface area contributed by atoms with Crippen molar-refractivity contribution in [3.8, 4) is 0 Å². The lowest BCUT2D eigenvalue weighted by Gasteiger charge is -2.06. The predicted octanol–water partition coefficient (Wildman–Crippen LogP) is 1.94. The third-order valence-corrected chi connectivity index (χ3v) is 2.18. The first-order chi connectivity index (χ1) is 5.08. The molecule has 0 bridgehead atoms. The minimum Gasteiger partial charge on any atom is -0.329 e. The van der Waals surface area contributed by atoms with Crippen molar-refractivity contribution in [3.05, 3.63) is 12.2 Å². The second kappa shape index (κ2) is 2.55. The zero-order valence-corrected chi connectivity index (χ0v) is 6.61. The van der Waals surface area contributed by atoms with Crippen LogP contribution in [0, 0.1) is 5.41 Å². The summed E-state index contributed by atoms with van der Waals surface area (Å²) in [6, 6.07) is 0. The first kappa shape index (κ1) is 8.65. The lowest BCUT2D eigenvalue weighted by atomic mass is 10.1. The number of halogens is 2. The zero-order chi connectivity index (χ0) is 8.54. The Morgan fingerprint density at radius 3 is 2.36 bits per heavy atom. The monoisotopic (exact) mass is 161 g/mol. The van der Waals surface area contributed by atoms with Gasteiger partial charge >= 0.3 is 0 Å². The van der Waals surface area contributed by atoms with Crippen LogP contribution in [0.5, 0.6) is 0 Å². The van der Waals surface area contributed by atoms with Gasteiger partial charge in [0.2, 0.25) is 0 Å². The summed E-state index contributed by atoms with van der Waals surface area (Å²) in [6.07, 6.45) is 4.03. The summed E-state index contributed by atoms with van der Waals surface area (Å²) in [7, 11) is 0. The molecule has 0 aromatic heterocycles. The smallest absolute Gasteiger partial charge is 0.259 e. The molecule has 0 spiro atoms. The van der Waals surface area contributed by atoms with Gasteiger partial charge in [-0.15, -0.1) is 0 Å². The minimum absolute atomic E-state index is 0.0521. The Labute approximate surface area is 65.3 Å². The highest BCUT2D eigenvalue weighted by Gasteiger charge is 2.68. The molecule has 0 saturated heterocycles. The van der Waals surface area contributed by atoms with E-state index in [2.05, 4.69) is 0 Å². The molecule has 11 heavy (non-hydrogen) atoms. The molecule has 0 radical (unpaired) electrons. The summed E-state index contributed by atoms with van der Waals surface area (Å²) < 4.78 is 25.3. The van der Waals surface area contributed by atoms with E-state index in [4.69, 9.17) is 5.73 Å². The van der Waals surface area contributed by atoms with Crippen LogP contribution in [-0.2, 0) is 0 Å². The van der Waals surface area contributed by atoms with E-state index < -0.39 is 11.3 Å². The lowest BCUT2D eigenvalue weighted by Crippen LogP contribution is -2.19. The van der Waals surface area contributed by atoms with Crippen molar-refractivity contribution in [2.75, 3.05) is 6.54 Å². The van der Waals surface area contributed by atoms with Gasteiger partial charge in [-0.25, -0.2) is 8.78 Å². The van der Waals surface area contributed by atoms with Gasteiger partial charge in [0.25, 0.3) is 5.92 Å². The summed E-state index contributed by atoms with van der Waals surface area (Å²) in [5.41, 5.74) is 4.26. The fraction of sp³-hybridized carbons (Fsp3) is 0.750. The lowest BCUT2D eigenvalue weighted by molar-refractivity contribution is 0.0816. The average molecular weight is 161 g/mol. The van der Waals surface area contributed by atoms with Crippen LogP contribution >= 0.6 is 0 Å². The molecule has 2 N–H and O–H groups in total. The predicted molar refractivity (Wildman–Crippen MR) is 40.5 cm³/mol. The van der Waals surface area contributed by atoms with Crippen LogP contribution in [0.3, 0.4) is 0 Å². The molecule has 1 rings (SSSR count). The Balaban J connectivity index is 2.60. The molecule has 1 nitrogen and oxygen atoms in total. The highest BCUT2D eigenvalue weighted by molar-refractivity contribution is 5.21. The van der Waals surface area contributed by atoms with Crippen LogP contribution < -0.4 is 5.73 Å². The van der Waals surface area contributed by atoms with Crippen LogP contribution in [0.2, 0.25) is 0 Å². The van der Waals surface area contributed by atoms with Crippen molar-refractivity contribution in [1.29, 1.82) is 0 Å². The second-order valence-electron chi connectivity index (χ2n) is 3.05. The van der Waals surface area contributed by atoms with Gasteiger partial charge in [-0.1, -0.05) is 19.1 Å². The number of allylic oxidation sites excluding steroid dienone is 1. The molecule has 1 aliphatic carbocycles. The number of hydrogen-bond acceptors (Lipinski definition) is 1. The van der Waals surface area contributed by atoms with Gasteiger partial charge in [0.05, 0.1) is 5.41 Å². The Morgan fingerprint density at radius 1 is 1.55 bits per heavy atom. The van der Waals surface area contributed by atoms with Gasteiger partial charge in [0.15, 0.2) is 0 Å². The fourth-order valence-electron chi connectivity index (χ4n) is 1.17. The van der Waals surface area contributed by atoms with Crippen molar-refractivity contribution in [2.45, 2.75) is 25.7 Å². The fourth-order valence-corrected chi connectivity index (χ4v) is 1.17. The van der Waals surface area contributed by atoms with Crippen LogP contribution in [-0.4, -0.2) is 12.5 Å². The summed E-state index contributed by atoms with van der Waals surface area (Å²) in [5.74, 6) is -2.55. The SMILES string of the molecule is CC/C=C/C1(CN)CC1(F)F. The van der Waals surface area contributed by atoms with E-state index in [-0.39, 0.29) is 13.0 Å². The van der Waals surface area contributed by atoms with Gasteiger partial charge in [0, 0.05) is 13.0 Å². The normalized spacial score (nSPS) is 34.5. The van der Waals surface area contributed by atoms with E-state index in [0.29, 0.717) is 0 Å². The molecule has 1 aliphatic rings. The van der Waals surface area contributed by atoms with E-state index in [1.165, 1.54) is 0 Å². The largest absolute Gasteiger partial charge is 0.329 e. The van der Waals surface area contributed by atoms with E-state index >= 15 is 0 Å². The maximum absolute atomic E-state index is 12.6. The van der Waals surface area contributed by atoms with Crippen molar-refractivity contribution in [2.24, 2.45) is 11.1 Å². The zero-order valence-electron chi connectivity index (χ0n) is 6.61. The number of alkyl halides is 2. The Kier molecular flexibility index (Phi) is 2.01. The molecular weight excluding hydrogens is 148 g/mol. The number of nitrogens with two attached hydrogens (primary N) is 1. The van der Waals surface area contributed by atoms with Crippen molar-refractivity contribution < 1.29 is 8.78 Å². The Hall–Kier alpha value is -0.440. The molecular formula is C8H13F2N. The van der Waals surface area contributed by atoms with E-state index in [1.807, 2.05) is 6.92 Å². The van der Waals surface area contributed by atoms with Gasteiger partial charge in [-0.3, -0.25) is 0 Å². The summed E-state index contributed by atoms with van der Waals surface area (Å²) in [6.45, 7) is 1.97. The van der Waals surface area contributed by atoms with E-state index in [1.54, 1.807) is 12.2 Å². The Morgan fingerprint density at radius 2 is 2.09 bits per heavy atom. The third kappa shape index (κ3) is 1.29. The van der Waals surface area contributed by atoms with Crippen molar-refractivity contribution in [1.82, 2.24) is 0 Å². The second-order valence-corrected chi connectivity index (χ2v) is 3.05. The van der Waals surface area contributed by atoms with Crippen LogP contribution in [0.1, 0.15) is 19.8 Å². The first-order valence-corrected chi connectivity index (χ1v) is 3.83. The molecule has 0 aromatic rings. The van der Waals surface area contributed by atoms with Crippen LogP contribution in [0.15, 0.2) is 12.2 Å². The Bertz CT molecular complexity index is 177.